The van der Waals surface area contributed by atoms with Gasteiger partial charge in [-0.1, -0.05) is 29.8 Å². The first kappa shape index (κ1) is 13.1. The molecule has 4 rings (SSSR count). The van der Waals surface area contributed by atoms with Crippen LogP contribution >= 0.6 is 11.6 Å². The predicted octanol–water partition coefficient (Wildman–Crippen LogP) is 3.58. The molecule has 3 nitrogen and oxygen atoms in total. The molecule has 0 saturated carbocycles. The lowest BCUT2D eigenvalue weighted by molar-refractivity contribution is 0.0439. The van der Waals surface area contributed by atoms with Crippen molar-refractivity contribution < 1.29 is 9.84 Å². The second-order valence-electron chi connectivity index (χ2n) is 5.81. The Bertz CT molecular complexity index is 703. The van der Waals surface area contributed by atoms with E-state index in [0.29, 0.717) is 5.02 Å². The fraction of sp³-hybridized carbons (Fsp3) is 0.294. The molecule has 0 aromatic heterocycles. The predicted molar refractivity (Wildman–Crippen MR) is 82.1 cm³/mol. The minimum atomic E-state index is -0.526. The zero-order valence-electron chi connectivity index (χ0n) is 11.7. The van der Waals surface area contributed by atoms with Crippen molar-refractivity contribution in [1.29, 1.82) is 0 Å². The van der Waals surface area contributed by atoms with Crippen molar-refractivity contribution in [3.8, 4) is 11.5 Å². The third kappa shape index (κ3) is 1.96. The molecular weight excluding hydrogens is 286 g/mol. The number of benzene rings is 2. The van der Waals surface area contributed by atoms with Crippen LogP contribution in [-0.2, 0) is 0 Å². The largest absolute Gasteiger partial charge is 0.457 e. The number of halogens is 1. The molecule has 2 aromatic rings. The molecule has 2 aliphatic heterocycles. The maximum atomic E-state index is 10.6. The Hall–Kier alpha value is -1.55. The Kier molecular flexibility index (Phi) is 2.96. The van der Waals surface area contributed by atoms with E-state index in [0.717, 1.165) is 29.2 Å². The van der Waals surface area contributed by atoms with E-state index in [1.807, 2.05) is 48.3 Å². The van der Waals surface area contributed by atoms with Gasteiger partial charge in [0.05, 0.1) is 0 Å². The summed E-state index contributed by atoms with van der Waals surface area (Å²) in [6.45, 7) is 0.804. The highest BCUT2D eigenvalue weighted by atomic mass is 35.5. The fourth-order valence-electron chi connectivity index (χ4n) is 3.55. The lowest BCUT2D eigenvalue weighted by Gasteiger charge is -2.22. The molecule has 3 atom stereocenters. The van der Waals surface area contributed by atoms with Gasteiger partial charge in [0.25, 0.3) is 0 Å². The number of nitrogens with zero attached hydrogens (tertiary/aromatic N) is 1. The molecule has 2 aliphatic rings. The highest BCUT2D eigenvalue weighted by Gasteiger charge is 2.44. The fourth-order valence-corrected chi connectivity index (χ4v) is 3.73. The van der Waals surface area contributed by atoms with Crippen LogP contribution in [0, 0.1) is 0 Å². The SMILES string of the molecule is CN1C[C@H]2c3ccccc3Oc3ccc(Cl)cc3[C@@H]2C1O. The van der Waals surface area contributed by atoms with Crippen molar-refractivity contribution in [2.24, 2.45) is 0 Å². The number of rotatable bonds is 0. The van der Waals surface area contributed by atoms with E-state index in [1.54, 1.807) is 0 Å². The van der Waals surface area contributed by atoms with Crippen LogP contribution in [0.25, 0.3) is 0 Å². The zero-order chi connectivity index (χ0) is 14.6. The molecule has 1 fully saturated rings. The summed E-state index contributed by atoms with van der Waals surface area (Å²) in [6, 6.07) is 13.7. The van der Waals surface area contributed by atoms with Gasteiger partial charge < -0.3 is 9.84 Å². The number of aliphatic hydroxyl groups is 1. The molecule has 108 valence electrons. The van der Waals surface area contributed by atoms with Gasteiger partial charge >= 0.3 is 0 Å². The lowest BCUT2D eigenvalue weighted by atomic mass is 9.83. The van der Waals surface area contributed by atoms with Crippen molar-refractivity contribution in [2.75, 3.05) is 13.6 Å². The summed E-state index contributed by atoms with van der Waals surface area (Å²) >= 11 is 6.16. The average Bonchev–Trinajstić information content (AvgIpc) is 2.70. The van der Waals surface area contributed by atoms with Crippen LogP contribution in [-0.4, -0.2) is 29.8 Å². The smallest absolute Gasteiger partial charge is 0.131 e. The van der Waals surface area contributed by atoms with E-state index in [1.165, 1.54) is 0 Å². The molecule has 0 bridgehead atoms. The molecular formula is C17H16ClNO2. The minimum Gasteiger partial charge on any atom is -0.457 e. The molecule has 4 heteroatoms. The number of para-hydroxylation sites is 1. The van der Waals surface area contributed by atoms with E-state index in [-0.39, 0.29) is 11.8 Å². The van der Waals surface area contributed by atoms with Gasteiger partial charge in [0.2, 0.25) is 0 Å². The van der Waals surface area contributed by atoms with Gasteiger partial charge in [-0.2, -0.15) is 0 Å². The van der Waals surface area contributed by atoms with Crippen molar-refractivity contribution in [1.82, 2.24) is 4.90 Å². The molecule has 2 heterocycles. The first-order valence-corrected chi connectivity index (χ1v) is 7.47. The van der Waals surface area contributed by atoms with Crippen molar-refractivity contribution in [2.45, 2.75) is 18.1 Å². The normalized spacial score (nSPS) is 27.3. The molecule has 0 aliphatic carbocycles. The lowest BCUT2D eigenvalue weighted by Crippen LogP contribution is -2.27. The molecule has 0 spiro atoms. The van der Waals surface area contributed by atoms with Crippen molar-refractivity contribution in [3.63, 3.8) is 0 Å². The number of hydrogen-bond donors (Lipinski definition) is 1. The van der Waals surface area contributed by atoms with Crippen LogP contribution in [0.1, 0.15) is 23.0 Å². The highest BCUT2D eigenvalue weighted by Crippen LogP contribution is 2.51. The van der Waals surface area contributed by atoms with Gasteiger partial charge in [0, 0.05) is 29.0 Å². The quantitative estimate of drug-likeness (QED) is 0.807. The van der Waals surface area contributed by atoms with E-state index in [9.17, 15) is 5.11 Å². The molecule has 1 N–H and O–H groups in total. The van der Waals surface area contributed by atoms with E-state index < -0.39 is 6.23 Å². The minimum absolute atomic E-state index is 0.0210. The third-order valence-electron chi connectivity index (χ3n) is 4.56. The molecule has 21 heavy (non-hydrogen) atoms. The Morgan fingerprint density at radius 1 is 1.14 bits per heavy atom. The van der Waals surface area contributed by atoms with E-state index >= 15 is 0 Å². The Balaban J connectivity index is 1.96. The first-order chi connectivity index (χ1) is 10.1. The van der Waals surface area contributed by atoms with E-state index in [4.69, 9.17) is 16.3 Å². The topological polar surface area (TPSA) is 32.7 Å². The van der Waals surface area contributed by atoms with Crippen LogP contribution < -0.4 is 4.74 Å². The summed E-state index contributed by atoms with van der Waals surface area (Å²) in [5.74, 6) is 1.85. The number of hydrogen-bond acceptors (Lipinski definition) is 3. The first-order valence-electron chi connectivity index (χ1n) is 7.09. The standard InChI is InChI=1S/C17H16ClNO2/c1-19-9-13-11-4-2-3-5-14(11)21-15-7-6-10(18)8-12(15)16(13)17(19)20/h2-8,13,16-17,20H,9H2,1H3/t13-,16-,17?/m0/s1. The monoisotopic (exact) mass is 301 g/mol. The molecule has 0 amide bonds. The summed E-state index contributed by atoms with van der Waals surface area (Å²) in [7, 11) is 1.95. The molecule has 2 aromatic carbocycles. The van der Waals surface area contributed by atoms with Crippen LogP contribution in [0.15, 0.2) is 42.5 Å². The average molecular weight is 302 g/mol. The van der Waals surface area contributed by atoms with Gasteiger partial charge in [0.15, 0.2) is 0 Å². The Labute approximate surface area is 128 Å². The summed E-state index contributed by atoms with van der Waals surface area (Å²) < 4.78 is 6.09. The number of likely N-dealkylation sites (N-methyl/N-ethyl adjacent to an activating group) is 1. The number of ether oxygens (including phenoxy) is 1. The Morgan fingerprint density at radius 2 is 1.90 bits per heavy atom. The van der Waals surface area contributed by atoms with Crippen LogP contribution in [0.4, 0.5) is 0 Å². The van der Waals surface area contributed by atoms with Crippen LogP contribution in [0.5, 0.6) is 11.5 Å². The molecule has 1 saturated heterocycles. The maximum Gasteiger partial charge on any atom is 0.131 e. The highest BCUT2D eigenvalue weighted by molar-refractivity contribution is 6.30. The summed E-state index contributed by atoms with van der Waals surface area (Å²) in [5, 5.41) is 11.3. The summed E-state index contributed by atoms with van der Waals surface area (Å²) in [4.78, 5) is 1.99. The molecule has 0 radical (unpaired) electrons. The number of aliphatic hydroxyl groups excluding tert-OH is 1. The van der Waals surface area contributed by atoms with E-state index in [2.05, 4.69) is 6.07 Å². The number of fused-ring (bicyclic) bond motifs is 5. The maximum absolute atomic E-state index is 10.6. The summed E-state index contributed by atoms with van der Waals surface area (Å²) in [6.07, 6.45) is -0.526. The van der Waals surface area contributed by atoms with Crippen molar-refractivity contribution in [3.05, 3.63) is 58.6 Å². The van der Waals surface area contributed by atoms with Crippen molar-refractivity contribution >= 4 is 11.6 Å². The van der Waals surface area contributed by atoms with Gasteiger partial charge in [0.1, 0.15) is 17.7 Å². The van der Waals surface area contributed by atoms with Gasteiger partial charge in [-0.25, -0.2) is 0 Å². The second kappa shape index (κ2) is 4.73. The Morgan fingerprint density at radius 3 is 2.76 bits per heavy atom. The second-order valence-corrected chi connectivity index (χ2v) is 6.24. The van der Waals surface area contributed by atoms with Gasteiger partial charge in [-0.15, -0.1) is 0 Å². The molecule has 1 unspecified atom stereocenters. The number of likely N-dealkylation sites (tertiary alicyclic amines) is 1. The van der Waals surface area contributed by atoms with Crippen LogP contribution in [0.3, 0.4) is 0 Å². The van der Waals surface area contributed by atoms with Gasteiger partial charge in [-0.05, 0) is 36.9 Å². The van der Waals surface area contributed by atoms with Crippen LogP contribution in [0.2, 0.25) is 5.02 Å². The zero-order valence-corrected chi connectivity index (χ0v) is 12.4. The summed E-state index contributed by atoms with van der Waals surface area (Å²) in [5.41, 5.74) is 2.14. The third-order valence-corrected chi connectivity index (χ3v) is 4.80. The van der Waals surface area contributed by atoms with Gasteiger partial charge in [-0.3, -0.25) is 4.90 Å².